The van der Waals surface area contributed by atoms with Crippen LogP contribution in [0.5, 0.6) is 0 Å². The molecule has 1 aromatic carbocycles. The third-order valence-corrected chi connectivity index (χ3v) is 2.94. The quantitative estimate of drug-likeness (QED) is 0.835. The van der Waals surface area contributed by atoms with E-state index in [1.807, 2.05) is 0 Å². The molecule has 0 aliphatic rings. The Morgan fingerprint density at radius 1 is 1.20 bits per heavy atom. The van der Waals surface area contributed by atoms with Crippen molar-refractivity contribution in [1.29, 1.82) is 0 Å². The number of ether oxygens (including phenoxy) is 2. The third-order valence-electron chi connectivity index (χ3n) is 2.94. The molecule has 0 fully saturated rings. The number of hydrogen-bond acceptors (Lipinski definition) is 4. The first-order chi connectivity index (χ1) is 9.60. The van der Waals surface area contributed by atoms with Gasteiger partial charge in [0.15, 0.2) is 0 Å². The van der Waals surface area contributed by atoms with E-state index < -0.39 is 23.2 Å². The Bertz CT molecular complexity index is 666. The van der Waals surface area contributed by atoms with E-state index in [1.54, 1.807) is 0 Å². The van der Waals surface area contributed by atoms with Gasteiger partial charge in [0.25, 0.3) is 5.56 Å². The molecule has 1 heterocycles. The minimum absolute atomic E-state index is 0.139. The Labute approximate surface area is 113 Å². The molecule has 0 unspecified atom stereocenters. The summed E-state index contributed by atoms with van der Waals surface area (Å²) in [5, 5.41) is 3.42. The van der Waals surface area contributed by atoms with Crippen LogP contribution in [-0.4, -0.2) is 37.2 Å². The zero-order chi connectivity index (χ0) is 14.7. The first-order valence-electron chi connectivity index (χ1n) is 5.93. The van der Waals surface area contributed by atoms with E-state index in [1.165, 1.54) is 14.2 Å². The average molecular weight is 284 g/mol. The van der Waals surface area contributed by atoms with Crippen LogP contribution in [-0.2, 0) is 9.47 Å². The minimum Gasteiger partial charge on any atom is -0.382 e. The van der Waals surface area contributed by atoms with Gasteiger partial charge in [-0.1, -0.05) is 0 Å². The van der Waals surface area contributed by atoms with Crippen LogP contribution in [0.3, 0.4) is 0 Å². The molecule has 7 heteroatoms. The molecule has 108 valence electrons. The van der Waals surface area contributed by atoms with Crippen molar-refractivity contribution in [2.45, 2.75) is 6.04 Å². The van der Waals surface area contributed by atoms with Crippen molar-refractivity contribution < 1.29 is 18.3 Å². The van der Waals surface area contributed by atoms with Crippen LogP contribution >= 0.6 is 0 Å². The highest BCUT2D eigenvalue weighted by Gasteiger charge is 2.18. The van der Waals surface area contributed by atoms with Crippen molar-refractivity contribution in [2.24, 2.45) is 0 Å². The fourth-order valence-corrected chi connectivity index (χ4v) is 2.03. The molecule has 0 aliphatic heterocycles. The first kappa shape index (κ1) is 14.5. The Kier molecular flexibility index (Phi) is 4.41. The summed E-state index contributed by atoms with van der Waals surface area (Å²) >= 11 is 0. The molecule has 2 rings (SSSR count). The van der Waals surface area contributed by atoms with Gasteiger partial charge < -0.3 is 9.47 Å². The van der Waals surface area contributed by atoms with Crippen LogP contribution in [0.4, 0.5) is 8.78 Å². The van der Waals surface area contributed by atoms with Gasteiger partial charge in [0.1, 0.15) is 17.7 Å². The molecule has 0 saturated carbocycles. The van der Waals surface area contributed by atoms with E-state index in [0.717, 1.165) is 23.0 Å². The number of aromatic nitrogens is 2. The Hall–Kier alpha value is -1.86. The minimum atomic E-state index is -0.781. The van der Waals surface area contributed by atoms with Gasteiger partial charge in [-0.2, -0.15) is 5.10 Å². The van der Waals surface area contributed by atoms with Crippen molar-refractivity contribution in [3.05, 3.63) is 40.3 Å². The second kappa shape index (κ2) is 6.06. The molecule has 20 heavy (non-hydrogen) atoms. The van der Waals surface area contributed by atoms with Gasteiger partial charge in [-0.05, 0) is 12.1 Å². The lowest BCUT2D eigenvalue weighted by atomic mass is 10.2. The van der Waals surface area contributed by atoms with Gasteiger partial charge in [-0.25, -0.2) is 13.5 Å². The molecule has 0 amide bonds. The number of halogens is 2. The van der Waals surface area contributed by atoms with E-state index in [4.69, 9.17) is 9.47 Å². The summed E-state index contributed by atoms with van der Waals surface area (Å²) < 4.78 is 38.4. The molecule has 0 radical (unpaired) electrons. The van der Waals surface area contributed by atoms with Crippen LogP contribution in [0.2, 0.25) is 0 Å². The second-order valence-electron chi connectivity index (χ2n) is 4.28. The van der Waals surface area contributed by atoms with Crippen LogP contribution in [0, 0.1) is 11.6 Å². The molecule has 0 bridgehead atoms. The lowest BCUT2D eigenvalue weighted by molar-refractivity contribution is 0.0817. The smallest absolute Gasteiger partial charge is 0.278 e. The maximum absolute atomic E-state index is 13.8. The highest BCUT2D eigenvalue weighted by atomic mass is 19.1. The standard InChI is InChI=1S/C13H14F2N2O3/c1-19-6-8(7-20-2)17-13(18)12-9(5-16-17)10(14)3-4-11(12)15/h3-5,8H,6-7H2,1-2H3. The molecule has 0 atom stereocenters. The lowest BCUT2D eigenvalue weighted by Crippen LogP contribution is -2.32. The van der Waals surface area contributed by atoms with Crippen molar-refractivity contribution in [3.8, 4) is 0 Å². The molecular weight excluding hydrogens is 270 g/mol. The van der Waals surface area contributed by atoms with Gasteiger partial charge in [0.2, 0.25) is 0 Å². The number of nitrogens with zero attached hydrogens (tertiary/aromatic N) is 2. The summed E-state index contributed by atoms with van der Waals surface area (Å²) in [5.41, 5.74) is -0.710. The molecule has 2 aromatic rings. The van der Waals surface area contributed by atoms with Gasteiger partial charge >= 0.3 is 0 Å². The predicted molar refractivity (Wildman–Crippen MR) is 68.7 cm³/mol. The van der Waals surface area contributed by atoms with Crippen molar-refractivity contribution in [1.82, 2.24) is 9.78 Å². The fraction of sp³-hybridized carbons (Fsp3) is 0.385. The van der Waals surface area contributed by atoms with Crippen LogP contribution in [0.15, 0.2) is 23.1 Å². The zero-order valence-corrected chi connectivity index (χ0v) is 11.1. The molecule has 1 aromatic heterocycles. The molecular formula is C13H14F2N2O3. The predicted octanol–water partition coefficient (Wildman–Crippen LogP) is 1.51. The summed E-state index contributed by atoms with van der Waals surface area (Å²) in [5.74, 6) is -1.47. The van der Waals surface area contributed by atoms with Crippen molar-refractivity contribution in [2.75, 3.05) is 27.4 Å². The van der Waals surface area contributed by atoms with E-state index in [2.05, 4.69) is 5.10 Å². The maximum Gasteiger partial charge on any atom is 0.278 e. The van der Waals surface area contributed by atoms with Gasteiger partial charge in [-0.15, -0.1) is 0 Å². The largest absolute Gasteiger partial charge is 0.382 e. The Morgan fingerprint density at radius 2 is 1.80 bits per heavy atom. The highest BCUT2D eigenvalue weighted by Crippen LogP contribution is 2.17. The van der Waals surface area contributed by atoms with E-state index in [9.17, 15) is 13.6 Å². The van der Waals surface area contributed by atoms with Gasteiger partial charge in [0.05, 0.1) is 24.8 Å². The number of rotatable bonds is 5. The number of benzene rings is 1. The normalized spacial score (nSPS) is 11.4. The highest BCUT2D eigenvalue weighted by molar-refractivity contribution is 5.81. The third kappa shape index (κ3) is 2.54. The molecule has 0 N–H and O–H groups in total. The number of methoxy groups -OCH3 is 2. The summed E-state index contributed by atoms with van der Waals surface area (Å²) in [6.45, 7) is 0.340. The monoisotopic (exact) mass is 284 g/mol. The van der Waals surface area contributed by atoms with Gasteiger partial charge in [0, 0.05) is 19.6 Å². The number of fused-ring (bicyclic) bond motifs is 1. The lowest BCUT2D eigenvalue weighted by Gasteiger charge is -2.17. The summed E-state index contributed by atoms with van der Waals surface area (Å²) in [6.07, 6.45) is 1.13. The van der Waals surface area contributed by atoms with Gasteiger partial charge in [-0.3, -0.25) is 4.79 Å². The maximum atomic E-state index is 13.8. The number of hydrogen-bond donors (Lipinski definition) is 0. The van der Waals surface area contributed by atoms with Crippen LogP contribution in [0.1, 0.15) is 6.04 Å². The van der Waals surface area contributed by atoms with Crippen LogP contribution < -0.4 is 5.56 Å². The Morgan fingerprint density at radius 3 is 2.40 bits per heavy atom. The molecule has 0 aliphatic carbocycles. The van der Waals surface area contributed by atoms with E-state index in [-0.39, 0.29) is 24.0 Å². The SMILES string of the molecule is COCC(COC)n1ncc2c(F)ccc(F)c2c1=O. The summed E-state index contributed by atoms with van der Waals surface area (Å²) in [4.78, 5) is 12.3. The topological polar surface area (TPSA) is 53.4 Å². The summed E-state index contributed by atoms with van der Waals surface area (Å²) in [6, 6.07) is 1.38. The second-order valence-corrected chi connectivity index (χ2v) is 4.28. The summed E-state index contributed by atoms with van der Waals surface area (Å²) in [7, 11) is 2.93. The zero-order valence-electron chi connectivity index (χ0n) is 11.1. The average Bonchev–Trinajstić information content (AvgIpc) is 2.43. The fourth-order valence-electron chi connectivity index (χ4n) is 2.03. The van der Waals surface area contributed by atoms with Crippen LogP contribution in [0.25, 0.3) is 10.8 Å². The molecule has 5 nitrogen and oxygen atoms in total. The van der Waals surface area contributed by atoms with E-state index >= 15 is 0 Å². The van der Waals surface area contributed by atoms with Crippen molar-refractivity contribution >= 4 is 10.8 Å². The molecule has 0 saturated heterocycles. The molecule has 0 spiro atoms. The van der Waals surface area contributed by atoms with E-state index in [0.29, 0.717) is 0 Å². The van der Waals surface area contributed by atoms with Crippen molar-refractivity contribution in [3.63, 3.8) is 0 Å². The first-order valence-corrected chi connectivity index (χ1v) is 5.93. The Balaban J connectivity index is 2.64.